The average molecular weight is 523 g/mol. The number of amides is 1. The van der Waals surface area contributed by atoms with E-state index in [2.05, 4.69) is 15.3 Å². The minimum Gasteiger partial charge on any atom is -0.355 e. The van der Waals surface area contributed by atoms with Gasteiger partial charge in [0.2, 0.25) is 5.91 Å². The minimum absolute atomic E-state index is 0.0138. The molecule has 10 heteroatoms. The standard InChI is InChI=1S/C27H21F3N4O2S/c28-27(29,30)18-9-6-10-19(15-18)34-25(36)24-23(20-11-4-5-12-21(20)32-24)33-26(34)37-16-22(35)31-14-13-17-7-2-1-3-8-17/h1-12,15,32H,13-14,16H2,(H,31,35). The van der Waals surface area contributed by atoms with Crippen molar-refractivity contribution in [1.82, 2.24) is 19.9 Å². The van der Waals surface area contributed by atoms with Crippen LogP contribution in [0, 0.1) is 0 Å². The number of aromatic amines is 1. The maximum atomic E-state index is 13.6. The van der Waals surface area contributed by atoms with Crippen molar-refractivity contribution in [3.63, 3.8) is 0 Å². The molecule has 0 aliphatic rings. The lowest BCUT2D eigenvalue weighted by atomic mass is 10.1. The van der Waals surface area contributed by atoms with Gasteiger partial charge in [-0.2, -0.15) is 13.2 Å². The Morgan fingerprint density at radius 3 is 2.54 bits per heavy atom. The number of thioether (sulfide) groups is 1. The number of halogens is 3. The third-order valence-corrected chi connectivity index (χ3v) is 6.78. The number of nitrogens with zero attached hydrogens (tertiary/aromatic N) is 2. The molecule has 6 nitrogen and oxygen atoms in total. The first-order valence-electron chi connectivity index (χ1n) is 11.5. The molecular formula is C27H21F3N4O2S. The summed E-state index contributed by atoms with van der Waals surface area (Å²) in [4.78, 5) is 33.8. The third-order valence-electron chi connectivity index (χ3n) is 5.84. The number of hydrogen-bond donors (Lipinski definition) is 2. The van der Waals surface area contributed by atoms with Crippen LogP contribution in [0.4, 0.5) is 13.2 Å². The monoisotopic (exact) mass is 522 g/mol. The summed E-state index contributed by atoms with van der Waals surface area (Å²) < 4.78 is 41.3. The van der Waals surface area contributed by atoms with Gasteiger partial charge < -0.3 is 10.3 Å². The Morgan fingerprint density at radius 2 is 1.76 bits per heavy atom. The number of fused-ring (bicyclic) bond motifs is 3. The second-order valence-electron chi connectivity index (χ2n) is 8.35. The number of H-pyrrole nitrogens is 1. The molecule has 0 unspecified atom stereocenters. The average Bonchev–Trinajstić information content (AvgIpc) is 3.27. The summed E-state index contributed by atoms with van der Waals surface area (Å²) in [6, 6.07) is 21.4. The Morgan fingerprint density at radius 1 is 1.00 bits per heavy atom. The van der Waals surface area contributed by atoms with Crippen molar-refractivity contribution in [3.8, 4) is 5.69 Å². The van der Waals surface area contributed by atoms with Crippen LogP contribution in [0.1, 0.15) is 11.1 Å². The van der Waals surface area contributed by atoms with Crippen LogP contribution in [0.25, 0.3) is 27.6 Å². The van der Waals surface area contributed by atoms with E-state index in [0.717, 1.165) is 34.0 Å². The molecule has 0 fully saturated rings. The second kappa shape index (κ2) is 10.1. The summed E-state index contributed by atoms with van der Waals surface area (Å²) in [5, 5.41) is 3.67. The number of aromatic nitrogens is 3. The van der Waals surface area contributed by atoms with Crippen molar-refractivity contribution >= 4 is 39.6 Å². The number of para-hydroxylation sites is 1. The first-order valence-corrected chi connectivity index (χ1v) is 12.4. The van der Waals surface area contributed by atoms with Gasteiger partial charge in [0.1, 0.15) is 11.0 Å². The number of alkyl halides is 3. The molecule has 5 rings (SSSR count). The van der Waals surface area contributed by atoms with Crippen molar-refractivity contribution in [2.24, 2.45) is 0 Å². The largest absolute Gasteiger partial charge is 0.416 e. The minimum atomic E-state index is -4.58. The van der Waals surface area contributed by atoms with Crippen LogP contribution in [0.15, 0.2) is 88.8 Å². The van der Waals surface area contributed by atoms with Crippen molar-refractivity contribution in [3.05, 3.63) is 100 Å². The summed E-state index contributed by atoms with van der Waals surface area (Å²) in [6.45, 7) is 0.429. The quantitative estimate of drug-likeness (QED) is 0.224. The molecule has 0 atom stereocenters. The van der Waals surface area contributed by atoms with Crippen molar-refractivity contribution in [2.45, 2.75) is 17.8 Å². The van der Waals surface area contributed by atoms with Crippen molar-refractivity contribution in [2.75, 3.05) is 12.3 Å². The zero-order chi connectivity index (χ0) is 26.0. The van der Waals surface area contributed by atoms with Gasteiger partial charge in [0, 0.05) is 17.4 Å². The van der Waals surface area contributed by atoms with Crippen LogP contribution in [-0.4, -0.2) is 32.7 Å². The van der Waals surface area contributed by atoms with Gasteiger partial charge in [-0.05, 0) is 36.2 Å². The first-order chi connectivity index (χ1) is 17.8. The smallest absolute Gasteiger partial charge is 0.355 e. The van der Waals surface area contributed by atoms with Gasteiger partial charge in [0.15, 0.2) is 5.16 Å². The molecule has 0 radical (unpaired) electrons. The Kier molecular flexibility index (Phi) is 6.75. The molecule has 37 heavy (non-hydrogen) atoms. The number of hydrogen-bond acceptors (Lipinski definition) is 4. The fraction of sp³-hybridized carbons (Fsp3) is 0.148. The molecule has 0 aliphatic carbocycles. The van der Waals surface area contributed by atoms with E-state index in [0.29, 0.717) is 29.4 Å². The highest BCUT2D eigenvalue weighted by Gasteiger charge is 2.31. The highest BCUT2D eigenvalue weighted by molar-refractivity contribution is 7.99. The molecule has 0 saturated heterocycles. The third kappa shape index (κ3) is 5.24. The number of benzene rings is 3. The van der Waals surface area contributed by atoms with E-state index in [1.165, 1.54) is 12.1 Å². The molecule has 1 amide bonds. The fourth-order valence-corrected chi connectivity index (χ4v) is 4.90. The topological polar surface area (TPSA) is 79.8 Å². The number of nitrogens with one attached hydrogen (secondary N) is 2. The maximum absolute atomic E-state index is 13.6. The van der Waals surface area contributed by atoms with E-state index in [9.17, 15) is 22.8 Å². The van der Waals surface area contributed by atoms with E-state index in [4.69, 9.17) is 0 Å². The van der Waals surface area contributed by atoms with Gasteiger partial charge >= 0.3 is 6.18 Å². The molecule has 0 bridgehead atoms. The van der Waals surface area contributed by atoms with Crippen LogP contribution in [0.3, 0.4) is 0 Å². The van der Waals surface area contributed by atoms with E-state index < -0.39 is 17.3 Å². The van der Waals surface area contributed by atoms with Gasteiger partial charge in [0.25, 0.3) is 5.56 Å². The van der Waals surface area contributed by atoms with Gasteiger partial charge in [-0.3, -0.25) is 14.2 Å². The van der Waals surface area contributed by atoms with Crippen molar-refractivity contribution < 1.29 is 18.0 Å². The second-order valence-corrected chi connectivity index (χ2v) is 9.29. The van der Waals surface area contributed by atoms with Crippen LogP contribution in [0.2, 0.25) is 0 Å². The SMILES string of the molecule is O=C(CSc1nc2c([nH]c3ccccc32)c(=O)n1-c1cccc(C(F)(F)F)c1)NCCc1ccccc1. The molecule has 2 aromatic heterocycles. The molecule has 188 valence electrons. The van der Waals surface area contributed by atoms with E-state index in [-0.39, 0.29) is 28.0 Å². The van der Waals surface area contributed by atoms with Crippen LogP contribution < -0.4 is 10.9 Å². The molecule has 2 N–H and O–H groups in total. The molecule has 2 heterocycles. The van der Waals surface area contributed by atoms with Crippen LogP contribution in [-0.2, 0) is 17.4 Å². The summed E-state index contributed by atoms with van der Waals surface area (Å²) in [5.74, 6) is -0.335. The fourth-order valence-electron chi connectivity index (χ4n) is 4.06. The predicted molar refractivity (Wildman–Crippen MR) is 138 cm³/mol. The molecular weight excluding hydrogens is 501 g/mol. The lowest BCUT2D eigenvalue weighted by Gasteiger charge is -2.14. The summed E-state index contributed by atoms with van der Waals surface area (Å²) in [6.07, 6.45) is -3.92. The lowest BCUT2D eigenvalue weighted by molar-refractivity contribution is -0.137. The number of rotatable bonds is 7. The number of carbonyl (C=O) groups is 1. The highest BCUT2D eigenvalue weighted by atomic mass is 32.2. The van der Waals surface area contributed by atoms with E-state index in [1.807, 2.05) is 36.4 Å². The Bertz CT molecular complexity index is 1650. The Balaban J connectivity index is 1.48. The zero-order valence-corrected chi connectivity index (χ0v) is 20.2. The Labute approximate surface area is 213 Å². The summed E-state index contributed by atoms with van der Waals surface area (Å²) in [7, 11) is 0. The van der Waals surface area contributed by atoms with E-state index in [1.54, 1.807) is 18.2 Å². The molecule has 0 aliphatic heterocycles. The molecule has 5 aromatic rings. The maximum Gasteiger partial charge on any atom is 0.416 e. The van der Waals surface area contributed by atoms with Crippen LogP contribution >= 0.6 is 11.8 Å². The van der Waals surface area contributed by atoms with Crippen molar-refractivity contribution in [1.29, 1.82) is 0 Å². The highest BCUT2D eigenvalue weighted by Crippen LogP contribution is 2.31. The van der Waals surface area contributed by atoms with Crippen LogP contribution in [0.5, 0.6) is 0 Å². The Hall–Kier alpha value is -4.05. The van der Waals surface area contributed by atoms with Gasteiger partial charge in [-0.15, -0.1) is 0 Å². The van der Waals surface area contributed by atoms with Gasteiger partial charge in [-0.1, -0.05) is 66.4 Å². The van der Waals surface area contributed by atoms with Gasteiger partial charge in [0.05, 0.1) is 17.0 Å². The molecule has 0 saturated carbocycles. The molecule has 3 aromatic carbocycles. The van der Waals surface area contributed by atoms with E-state index >= 15 is 0 Å². The van der Waals surface area contributed by atoms with Gasteiger partial charge in [-0.25, -0.2) is 4.98 Å². The first kappa shape index (κ1) is 24.6. The summed E-state index contributed by atoms with van der Waals surface area (Å²) >= 11 is 0.995. The normalized spacial score (nSPS) is 11.8. The lowest BCUT2D eigenvalue weighted by Crippen LogP contribution is -2.28. The zero-order valence-electron chi connectivity index (χ0n) is 19.4. The molecule has 0 spiro atoms. The summed E-state index contributed by atoms with van der Waals surface area (Å²) in [5.41, 5.74) is 0.917. The number of carbonyl (C=O) groups excluding carboxylic acids is 1. The predicted octanol–water partition coefficient (Wildman–Crippen LogP) is 5.34.